The molecule has 2 rings (SSSR count). The Morgan fingerprint density at radius 1 is 1.16 bits per heavy atom. The first kappa shape index (κ1) is 18.4. The van der Waals surface area contributed by atoms with Crippen LogP contribution in [-0.2, 0) is 4.79 Å². The number of hydrogen-bond acceptors (Lipinski definition) is 6. The highest BCUT2D eigenvalue weighted by molar-refractivity contribution is 6.32. The molecule has 0 aliphatic heterocycles. The van der Waals surface area contributed by atoms with Crippen LogP contribution in [0.1, 0.15) is 12.5 Å². The van der Waals surface area contributed by atoms with E-state index in [1.165, 1.54) is 19.2 Å². The molecule has 0 aliphatic rings. The van der Waals surface area contributed by atoms with Crippen molar-refractivity contribution in [1.29, 1.82) is 5.26 Å². The van der Waals surface area contributed by atoms with Gasteiger partial charge in [0.25, 0.3) is 0 Å². The molecule has 130 valence electrons. The highest BCUT2D eigenvalue weighted by Gasteiger charge is 2.17. The summed E-state index contributed by atoms with van der Waals surface area (Å²) in [5.74, 6) is 0.518. The van der Waals surface area contributed by atoms with Crippen LogP contribution in [0.5, 0.6) is 23.0 Å². The van der Waals surface area contributed by atoms with Gasteiger partial charge in [0, 0.05) is 6.07 Å². The van der Waals surface area contributed by atoms with Crippen molar-refractivity contribution in [2.75, 3.05) is 20.3 Å². The molecule has 0 saturated heterocycles. The fourth-order valence-electron chi connectivity index (χ4n) is 2.01. The lowest BCUT2D eigenvalue weighted by Crippen LogP contribution is -2.18. The van der Waals surface area contributed by atoms with Crippen molar-refractivity contribution in [3.05, 3.63) is 47.0 Å². The summed E-state index contributed by atoms with van der Waals surface area (Å²) in [6.45, 7) is 1.98. The third-order valence-corrected chi connectivity index (χ3v) is 3.35. The van der Waals surface area contributed by atoms with E-state index in [1.54, 1.807) is 24.3 Å². The molecule has 0 saturated carbocycles. The molecule has 0 N–H and O–H groups in total. The van der Waals surface area contributed by atoms with E-state index in [4.69, 9.17) is 35.8 Å². The Hall–Kier alpha value is -2.91. The Kier molecular flexibility index (Phi) is 6.49. The van der Waals surface area contributed by atoms with E-state index in [0.29, 0.717) is 23.7 Å². The van der Waals surface area contributed by atoms with Crippen molar-refractivity contribution in [1.82, 2.24) is 0 Å². The van der Waals surface area contributed by atoms with Gasteiger partial charge in [0.1, 0.15) is 0 Å². The van der Waals surface area contributed by atoms with Gasteiger partial charge in [-0.05, 0) is 25.1 Å². The van der Waals surface area contributed by atoms with Gasteiger partial charge in [-0.1, -0.05) is 23.7 Å². The standard InChI is InChI=1S/C18H16ClNO5/c1-3-23-14-6-4-5-7-15(14)24-11-17(21)25-18-13(19)8-12(10-20)9-16(18)22-2/h4-9H,3,11H2,1-2H3. The number of methoxy groups -OCH3 is 1. The average molecular weight is 362 g/mol. The Morgan fingerprint density at radius 2 is 1.84 bits per heavy atom. The van der Waals surface area contributed by atoms with Gasteiger partial charge >= 0.3 is 5.97 Å². The number of benzene rings is 2. The molecule has 0 fully saturated rings. The van der Waals surface area contributed by atoms with Gasteiger partial charge in [-0.25, -0.2) is 4.79 Å². The monoisotopic (exact) mass is 361 g/mol. The van der Waals surface area contributed by atoms with Crippen LogP contribution in [0.15, 0.2) is 36.4 Å². The predicted molar refractivity (Wildman–Crippen MR) is 91.5 cm³/mol. The lowest BCUT2D eigenvalue weighted by molar-refractivity contribution is -0.136. The molecule has 0 heterocycles. The molecule has 0 spiro atoms. The molecular formula is C18H16ClNO5. The number of nitrogens with zero attached hydrogens (tertiary/aromatic N) is 1. The Labute approximate surface area is 150 Å². The van der Waals surface area contributed by atoms with E-state index in [-0.39, 0.29) is 23.1 Å². The zero-order valence-corrected chi connectivity index (χ0v) is 14.5. The van der Waals surface area contributed by atoms with Crippen LogP contribution in [0.25, 0.3) is 0 Å². The fourth-order valence-corrected chi connectivity index (χ4v) is 2.26. The minimum atomic E-state index is -0.670. The van der Waals surface area contributed by atoms with Crippen LogP contribution >= 0.6 is 11.6 Å². The minimum absolute atomic E-state index is 0.0369. The first-order chi connectivity index (χ1) is 12.1. The minimum Gasteiger partial charge on any atom is -0.493 e. The zero-order chi connectivity index (χ0) is 18.2. The predicted octanol–water partition coefficient (Wildman–Crippen LogP) is 3.60. The smallest absolute Gasteiger partial charge is 0.349 e. The molecular weight excluding hydrogens is 346 g/mol. The maximum Gasteiger partial charge on any atom is 0.349 e. The largest absolute Gasteiger partial charge is 0.493 e. The maximum atomic E-state index is 12.1. The molecule has 0 aliphatic carbocycles. The molecule has 2 aromatic rings. The summed E-state index contributed by atoms with van der Waals surface area (Å²) in [5.41, 5.74) is 0.295. The van der Waals surface area contributed by atoms with E-state index in [2.05, 4.69) is 0 Å². The first-order valence-corrected chi connectivity index (χ1v) is 7.79. The maximum absolute atomic E-state index is 12.1. The van der Waals surface area contributed by atoms with Crippen LogP contribution in [0.4, 0.5) is 0 Å². The molecule has 0 radical (unpaired) electrons. The zero-order valence-electron chi connectivity index (χ0n) is 13.7. The molecule has 0 atom stereocenters. The highest BCUT2D eigenvalue weighted by Crippen LogP contribution is 2.36. The van der Waals surface area contributed by atoms with Gasteiger partial charge in [0.15, 0.2) is 29.6 Å². The lowest BCUT2D eigenvalue weighted by atomic mass is 10.2. The summed E-state index contributed by atoms with van der Waals surface area (Å²) in [6, 6.07) is 11.8. The van der Waals surface area contributed by atoms with Gasteiger partial charge in [0.05, 0.1) is 30.4 Å². The summed E-state index contributed by atoms with van der Waals surface area (Å²) < 4.78 is 21.2. The number of carbonyl (C=O) groups is 1. The molecule has 0 bridgehead atoms. The van der Waals surface area contributed by atoms with Crippen molar-refractivity contribution in [3.63, 3.8) is 0 Å². The number of hydrogen-bond donors (Lipinski definition) is 0. The first-order valence-electron chi connectivity index (χ1n) is 7.42. The van der Waals surface area contributed by atoms with Gasteiger partial charge in [0.2, 0.25) is 0 Å². The fraction of sp³-hybridized carbons (Fsp3) is 0.222. The SMILES string of the molecule is CCOc1ccccc1OCC(=O)Oc1c(Cl)cc(C#N)cc1OC. The number of carbonyl (C=O) groups excluding carboxylic acids is 1. The van der Waals surface area contributed by atoms with Crippen molar-refractivity contribution >= 4 is 17.6 Å². The molecule has 2 aromatic carbocycles. The second kappa shape index (κ2) is 8.81. The summed E-state index contributed by atoms with van der Waals surface area (Å²) in [6.07, 6.45) is 0. The topological polar surface area (TPSA) is 77.8 Å². The van der Waals surface area contributed by atoms with Crippen LogP contribution in [0.3, 0.4) is 0 Å². The highest BCUT2D eigenvalue weighted by atomic mass is 35.5. The van der Waals surface area contributed by atoms with Crippen molar-refractivity contribution in [2.24, 2.45) is 0 Å². The number of para-hydroxylation sites is 2. The third kappa shape index (κ3) is 4.78. The van der Waals surface area contributed by atoms with Crippen LogP contribution in [0.2, 0.25) is 5.02 Å². The van der Waals surface area contributed by atoms with Crippen LogP contribution < -0.4 is 18.9 Å². The van der Waals surface area contributed by atoms with Gasteiger partial charge in [-0.2, -0.15) is 5.26 Å². The molecule has 25 heavy (non-hydrogen) atoms. The van der Waals surface area contributed by atoms with Crippen molar-refractivity contribution < 1.29 is 23.7 Å². The lowest BCUT2D eigenvalue weighted by Gasteiger charge is -2.13. The Morgan fingerprint density at radius 3 is 2.44 bits per heavy atom. The van der Waals surface area contributed by atoms with E-state index < -0.39 is 5.97 Å². The third-order valence-electron chi connectivity index (χ3n) is 3.07. The summed E-state index contributed by atoms with van der Waals surface area (Å²) in [5, 5.41) is 9.03. The average Bonchev–Trinajstić information content (AvgIpc) is 2.62. The number of ether oxygens (including phenoxy) is 4. The van der Waals surface area contributed by atoms with Gasteiger partial charge < -0.3 is 18.9 Å². The molecule has 6 nitrogen and oxygen atoms in total. The van der Waals surface area contributed by atoms with E-state index >= 15 is 0 Å². The second-order valence-electron chi connectivity index (χ2n) is 4.74. The van der Waals surface area contributed by atoms with Gasteiger partial charge in [-0.3, -0.25) is 0 Å². The van der Waals surface area contributed by atoms with Crippen molar-refractivity contribution in [2.45, 2.75) is 6.92 Å². The summed E-state index contributed by atoms with van der Waals surface area (Å²) in [7, 11) is 1.39. The summed E-state index contributed by atoms with van der Waals surface area (Å²) in [4.78, 5) is 12.1. The Balaban J connectivity index is 2.08. The molecule has 0 aromatic heterocycles. The normalized spacial score (nSPS) is 9.84. The number of esters is 1. The van der Waals surface area contributed by atoms with Crippen molar-refractivity contribution in [3.8, 4) is 29.1 Å². The van der Waals surface area contributed by atoms with Crippen LogP contribution in [-0.4, -0.2) is 26.3 Å². The molecule has 7 heteroatoms. The van der Waals surface area contributed by atoms with Crippen LogP contribution in [0, 0.1) is 11.3 Å². The molecule has 0 amide bonds. The van der Waals surface area contributed by atoms with E-state index in [0.717, 1.165) is 0 Å². The molecule has 0 unspecified atom stereocenters. The second-order valence-corrected chi connectivity index (χ2v) is 5.15. The summed E-state index contributed by atoms with van der Waals surface area (Å²) >= 11 is 6.05. The number of halogens is 1. The van der Waals surface area contributed by atoms with E-state index in [9.17, 15) is 4.79 Å². The number of nitriles is 1. The Bertz CT molecular complexity index is 801. The number of rotatable bonds is 7. The van der Waals surface area contributed by atoms with Gasteiger partial charge in [-0.15, -0.1) is 0 Å². The quantitative estimate of drug-likeness (QED) is 0.554. The van der Waals surface area contributed by atoms with E-state index in [1.807, 2.05) is 13.0 Å².